The molecule has 0 aliphatic heterocycles. The molecular formula is C13H16N2O. The average molecular weight is 216 g/mol. The Bertz CT molecular complexity index is 495. The second kappa shape index (κ2) is 4.00. The van der Waals surface area contributed by atoms with E-state index in [0.29, 0.717) is 0 Å². The first-order valence-electron chi connectivity index (χ1n) is 5.27. The van der Waals surface area contributed by atoms with Crippen LogP contribution in [-0.2, 0) is 7.05 Å². The SMILES string of the molecule is COc1ccc(-c2cc(C)n(C)n2)cc1C. The van der Waals surface area contributed by atoms with Crippen molar-refractivity contribution in [2.45, 2.75) is 13.8 Å². The van der Waals surface area contributed by atoms with Gasteiger partial charge in [-0.1, -0.05) is 0 Å². The van der Waals surface area contributed by atoms with E-state index in [4.69, 9.17) is 4.74 Å². The van der Waals surface area contributed by atoms with Gasteiger partial charge in [0.2, 0.25) is 0 Å². The molecule has 1 heterocycles. The fourth-order valence-corrected chi connectivity index (χ4v) is 1.74. The van der Waals surface area contributed by atoms with Crippen LogP contribution in [0.1, 0.15) is 11.3 Å². The quantitative estimate of drug-likeness (QED) is 0.771. The first-order valence-corrected chi connectivity index (χ1v) is 5.27. The average Bonchev–Trinajstić information content (AvgIpc) is 2.59. The summed E-state index contributed by atoms with van der Waals surface area (Å²) in [6.45, 7) is 4.09. The van der Waals surface area contributed by atoms with Crippen LogP contribution < -0.4 is 4.74 Å². The van der Waals surface area contributed by atoms with E-state index >= 15 is 0 Å². The number of hydrogen-bond acceptors (Lipinski definition) is 2. The van der Waals surface area contributed by atoms with Crippen LogP contribution in [-0.4, -0.2) is 16.9 Å². The maximum Gasteiger partial charge on any atom is 0.121 e. The monoisotopic (exact) mass is 216 g/mol. The maximum atomic E-state index is 5.24. The number of aromatic nitrogens is 2. The van der Waals surface area contributed by atoms with Crippen molar-refractivity contribution in [1.29, 1.82) is 0 Å². The second-order valence-corrected chi connectivity index (χ2v) is 3.98. The molecule has 0 spiro atoms. The Morgan fingerprint density at radius 2 is 1.94 bits per heavy atom. The molecular weight excluding hydrogens is 200 g/mol. The highest BCUT2D eigenvalue weighted by atomic mass is 16.5. The summed E-state index contributed by atoms with van der Waals surface area (Å²) < 4.78 is 7.12. The highest BCUT2D eigenvalue weighted by Gasteiger charge is 2.06. The molecule has 2 rings (SSSR count). The third-order valence-corrected chi connectivity index (χ3v) is 2.80. The van der Waals surface area contributed by atoms with E-state index in [-0.39, 0.29) is 0 Å². The summed E-state index contributed by atoms with van der Waals surface area (Å²) in [6.07, 6.45) is 0. The Kier molecular flexibility index (Phi) is 2.69. The third-order valence-electron chi connectivity index (χ3n) is 2.80. The van der Waals surface area contributed by atoms with Gasteiger partial charge in [-0.2, -0.15) is 5.10 Å². The van der Waals surface area contributed by atoms with Crippen molar-refractivity contribution < 1.29 is 4.74 Å². The van der Waals surface area contributed by atoms with E-state index in [2.05, 4.69) is 17.2 Å². The van der Waals surface area contributed by atoms with Gasteiger partial charge in [-0.25, -0.2) is 0 Å². The van der Waals surface area contributed by atoms with E-state index in [1.54, 1.807) is 7.11 Å². The van der Waals surface area contributed by atoms with Crippen LogP contribution >= 0.6 is 0 Å². The summed E-state index contributed by atoms with van der Waals surface area (Å²) in [6, 6.07) is 8.20. The predicted octanol–water partition coefficient (Wildman–Crippen LogP) is 2.71. The van der Waals surface area contributed by atoms with Crippen molar-refractivity contribution in [1.82, 2.24) is 9.78 Å². The molecule has 0 bridgehead atoms. The zero-order valence-electron chi connectivity index (χ0n) is 10.1. The number of hydrogen-bond donors (Lipinski definition) is 0. The van der Waals surface area contributed by atoms with Crippen molar-refractivity contribution in [3.8, 4) is 17.0 Å². The number of rotatable bonds is 2. The van der Waals surface area contributed by atoms with Crippen molar-refractivity contribution >= 4 is 0 Å². The number of ether oxygens (including phenoxy) is 1. The lowest BCUT2D eigenvalue weighted by molar-refractivity contribution is 0.412. The van der Waals surface area contributed by atoms with Crippen molar-refractivity contribution in [2.75, 3.05) is 7.11 Å². The van der Waals surface area contributed by atoms with Gasteiger partial charge in [0.05, 0.1) is 12.8 Å². The standard InChI is InChI=1S/C13H16N2O/c1-9-7-11(5-6-13(9)16-4)12-8-10(2)15(3)14-12/h5-8H,1-4H3. The summed E-state index contributed by atoms with van der Waals surface area (Å²) in [5, 5.41) is 4.45. The van der Waals surface area contributed by atoms with Crippen LogP contribution in [0.5, 0.6) is 5.75 Å². The van der Waals surface area contributed by atoms with Gasteiger partial charge in [0.25, 0.3) is 0 Å². The molecule has 0 aliphatic rings. The Hall–Kier alpha value is -1.77. The van der Waals surface area contributed by atoms with Crippen LogP contribution in [0.15, 0.2) is 24.3 Å². The number of aryl methyl sites for hydroxylation is 3. The maximum absolute atomic E-state index is 5.24. The molecule has 0 saturated heterocycles. The van der Waals surface area contributed by atoms with Gasteiger partial charge in [-0.3, -0.25) is 4.68 Å². The van der Waals surface area contributed by atoms with Gasteiger partial charge < -0.3 is 4.74 Å². The van der Waals surface area contributed by atoms with Gasteiger partial charge in [0.15, 0.2) is 0 Å². The van der Waals surface area contributed by atoms with Crippen molar-refractivity contribution in [2.24, 2.45) is 7.05 Å². The molecule has 0 radical (unpaired) electrons. The molecule has 1 aromatic carbocycles. The van der Waals surface area contributed by atoms with E-state index in [9.17, 15) is 0 Å². The Labute approximate surface area is 95.7 Å². The van der Waals surface area contributed by atoms with Gasteiger partial charge >= 0.3 is 0 Å². The summed E-state index contributed by atoms with van der Waals surface area (Å²) in [4.78, 5) is 0. The summed E-state index contributed by atoms with van der Waals surface area (Å²) in [5.74, 6) is 0.913. The minimum absolute atomic E-state index is 0.913. The van der Waals surface area contributed by atoms with E-state index in [1.807, 2.05) is 37.7 Å². The molecule has 0 N–H and O–H groups in total. The van der Waals surface area contributed by atoms with Crippen LogP contribution in [0.2, 0.25) is 0 Å². The smallest absolute Gasteiger partial charge is 0.121 e. The van der Waals surface area contributed by atoms with Gasteiger partial charge in [-0.05, 0) is 43.7 Å². The van der Waals surface area contributed by atoms with E-state index in [0.717, 1.165) is 28.3 Å². The van der Waals surface area contributed by atoms with Gasteiger partial charge in [-0.15, -0.1) is 0 Å². The highest BCUT2D eigenvalue weighted by Crippen LogP contribution is 2.25. The van der Waals surface area contributed by atoms with E-state index < -0.39 is 0 Å². The van der Waals surface area contributed by atoms with Crippen LogP contribution in [0.3, 0.4) is 0 Å². The molecule has 0 unspecified atom stereocenters. The zero-order chi connectivity index (χ0) is 11.7. The summed E-state index contributed by atoms with van der Waals surface area (Å²) >= 11 is 0. The molecule has 0 fully saturated rings. The first kappa shape index (κ1) is 10.7. The van der Waals surface area contributed by atoms with Crippen LogP contribution in [0.25, 0.3) is 11.3 Å². The van der Waals surface area contributed by atoms with E-state index in [1.165, 1.54) is 0 Å². The second-order valence-electron chi connectivity index (χ2n) is 3.98. The largest absolute Gasteiger partial charge is 0.496 e. The fraction of sp³-hybridized carbons (Fsp3) is 0.308. The van der Waals surface area contributed by atoms with Crippen LogP contribution in [0, 0.1) is 13.8 Å². The van der Waals surface area contributed by atoms with Gasteiger partial charge in [0, 0.05) is 18.3 Å². The lowest BCUT2D eigenvalue weighted by Crippen LogP contribution is -1.92. The lowest BCUT2D eigenvalue weighted by Gasteiger charge is -2.05. The molecule has 0 amide bonds. The Morgan fingerprint density at radius 3 is 2.44 bits per heavy atom. The number of benzene rings is 1. The number of methoxy groups -OCH3 is 1. The third kappa shape index (κ3) is 1.81. The van der Waals surface area contributed by atoms with Gasteiger partial charge in [0.1, 0.15) is 5.75 Å². The summed E-state index contributed by atoms with van der Waals surface area (Å²) in [7, 11) is 3.64. The highest BCUT2D eigenvalue weighted by molar-refractivity contribution is 5.62. The minimum Gasteiger partial charge on any atom is -0.496 e. The molecule has 84 valence electrons. The molecule has 0 aliphatic carbocycles. The molecule has 1 aromatic heterocycles. The van der Waals surface area contributed by atoms with Crippen molar-refractivity contribution in [3.05, 3.63) is 35.5 Å². The number of nitrogens with zero attached hydrogens (tertiary/aromatic N) is 2. The first-order chi connectivity index (χ1) is 7.61. The normalized spacial score (nSPS) is 10.5. The Balaban J connectivity index is 2.45. The fourth-order valence-electron chi connectivity index (χ4n) is 1.74. The topological polar surface area (TPSA) is 27.1 Å². The molecule has 16 heavy (non-hydrogen) atoms. The molecule has 0 saturated carbocycles. The van der Waals surface area contributed by atoms with Crippen LogP contribution in [0.4, 0.5) is 0 Å². The molecule has 3 heteroatoms. The van der Waals surface area contributed by atoms with Crippen molar-refractivity contribution in [3.63, 3.8) is 0 Å². The zero-order valence-corrected chi connectivity index (χ0v) is 10.1. The molecule has 0 atom stereocenters. The molecule has 3 nitrogen and oxygen atoms in total. The lowest BCUT2D eigenvalue weighted by atomic mass is 10.1. The summed E-state index contributed by atoms with van der Waals surface area (Å²) in [5.41, 5.74) is 4.42. The Morgan fingerprint density at radius 1 is 1.19 bits per heavy atom. The minimum atomic E-state index is 0.913. The predicted molar refractivity (Wildman–Crippen MR) is 64.7 cm³/mol. The molecule has 2 aromatic rings.